The summed E-state index contributed by atoms with van der Waals surface area (Å²) in [6.45, 7) is 4.91. The third kappa shape index (κ3) is 7.20. The van der Waals surface area contributed by atoms with Crippen LogP contribution in [0.25, 0.3) is 0 Å². The highest BCUT2D eigenvalue weighted by Crippen LogP contribution is 2.27. The lowest BCUT2D eigenvalue weighted by molar-refractivity contribution is -0.139. The summed E-state index contributed by atoms with van der Waals surface area (Å²) in [6, 6.07) is 17.9. The smallest absolute Gasteiger partial charge is 0.264 e. The summed E-state index contributed by atoms with van der Waals surface area (Å²) >= 11 is 3.37. The molecule has 0 radical (unpaired) electrons. The Labute approximate surface area is 231 Å². The van der Waals surface area contributed by atoms with Crippen molar-refractivity contribution in [2.75, 3.05) is 17.4 Å². The molecule has 10 heteroatoms. The minimum absolute atomic E-state index is 0.0188. The van der Waals surface area contributed by atoms with E-state index in [0.29, 0.717) is 17.4 Å². The van der Waals surface area contributed by atoms with E-state index in [2.05, 4.69) is 21.2 Å². The standard InChI is InChI=1S/C28H31BrFN3O4S/c1-4-16-31-28(35)21(3)32(18-22-8-5-6-11-26(22)30)27(34)19-33(24-10-7-9-23(29)17-24)38(36,37)25-14-12-20(2)13-15-25/h5-15,17,21H,4,16,18-19H2,1-3H3,(H,31,35)/t21-/m1/s1. The van der Waals surface area contributed by atoms with Crippen LogP contribution >= 0.6 is 15.9 Å². The topological polar surface area (TPSA) is 86.8 Å². The molecule has 3 aromatic carbocycles. The predicted octanol–water partition coefficient (Wildman–Crippen LogP) is 5.04. The van der Waals surface area contributed by atoms with E-state index in [9.17, 15) is 22.4 Å². The van der Waals surface area contributed by atoms with Crippen LogP contribution in [0.2, 0.25) is 0 Å². The average molecular weight is 605 g/mol. The normalized spacial score (nSPS) is 12.0. The van der Waals surface area contributed by atoms with Crippen LogP contribution in [0.4, 0.5) is 10.1 Å². The van der Waals surface area contributed by atoms with Crippen molar-refractivity contribution in [2.45, 2.75) is 44.7 Å². The minimum Gasteiger partial charge on any atom is -0.354 e. The van der Waals surface area contributed by atoms with Crippen molar-refractivity contribution in [3.05, 3.63) is 94.2 Å². The van der Waals surface area contributed by atoms with E-state index >= 15 is 0 Å². The molecule has 3 aromatic rings. The van der Waals surface area contributed by atoms with Crippen LogP contribution in [0.15, 0.2) is 82.2 Å². The van der Waals surface area contributed by atoms with E-state index < -0.39 is 40.2 Å². The summed E-state index contributed by atoms with van der Waals surface area (Å²) in [5.74, 6) is -1.59. The highest BCUT2D eigenvalue weighted by molar-refractivity contribution is 9.10. The molecule has 0 aliphatic rings. The average Bonchev–Trinajstić information content (AvgIpc) is 2.89. The number of hydrogen-bond donors (Lipinski definition) is 1. The first-order valence-corrected chi connectivity index (χ1v) is 14.4. The Kier molecular flexibility index (Phi) is 10.0. The maximum atomic E-state index is 14.5. The molecule has 3 rings (SSSR count). The van der Waals surface area contributed by atoms with Crippen LogP contribution in [0.1, 0.15) is 31.4 Å². The van der Waals surface area contributed by atoms with Crippen molar-refractivity contribution in [2.24, 2.45) is 0 Å². The first-order valence-electron chi connectivity index (χ1n) is 12.2. The molecular formula is C28H31BrFN3O4S. The molecule has 0 spiro atoms. The van der Waals surface area contributed by atoms with Gasteiger partial charge in [0, 0.05) is 23.1 Å². The number of aryl methyl sites for hydroxylation is 1. The monoisotopic (exact) mass is 603 g/mol. The zero-order chi connectivity index (χ0) is 27.9. The van der Waals surface area contributed by atoms with Crippen molar-refractivity contribution in [1.82, 2.24) is 10.2 Å². The van der Waals surface area contributed by atoms with Crippen LogP contribution in [0, 0.1) is 12.7 Å². The lowest BCUT2D eigenvalue weighted by atomic mass is 10.1. The van der Waals surface area contributed by atoms with Crippen molar-refractivity contribution in [3.8, 4) is 0 Å². The molecule has 0 aliphatic heterocycles. The number of nitrogens with zero attached hydrogens (tertiary/aromatic N) is 2. The van der Waals surface area contributed by atoms with Gasteiger partial charge in [0.2, 0.25) is 11.8 Å². The van der Waals surface area contributed by atoms with Gasteiger partial charge in [0.1, 0.15) is 18.4 Å². The van der Waals surface area contributed by atoms with Crippen molar-refractivity contribution >= 4 is 43.5 Å². The van der Waals surface area contributed by atoms with Gasteiger partial charge in [-0.25, -0.2) is 12.8 Å². The lowest BCUT2D eigenvalue weighted by Crippen LogP contribution is -2.51. The number of nitrogens with one attached hydrogen (secondary N) is 1. The fraction of sp³-hybridized carbons (Fsp3) is 0.286. The van der Waals surface area contributed by atoms with Gasteiger partial charge in [-0.2, -0.15) is 0 Å². The zero-order valence-corrected chi connectivity index (χ0v) is 23.9. The van der Waals surface area contributed by atoms with Crippen LogP contribution < -0.4 is 9.62 Å². The molecule has 7 nitrogen and oxygen atoms in total. The molecule has 1 N–H and O–H groups in total. The van der Waals surface area contributed by atoms with E-state index in [-0.39, 0.29) is 22.7 Å². The van der Waals surface area contributed by atoms with Crippen molar-refractivity contribution in [1.29, 1.82) is 0 Å². The van der Waals surface area contributed by atoms with E-state index in [1.165, 1.54) is 35.2 Å². The Hall–Kier alpha value is -3.24. The fourth-order valence-corrected chi connectivity index (χ4v) is 5.58. The molecule has 0 saturated carbocycles. The number of benzene rings is 3. The maximum absolute atomic E-state index is 14.5. The van der Waals surface area contributed by atoms with Crippen LogP contribution in [-0.4, -0.2) is 44.3 Å². The number of halogens is 2. The molecule has 1 atom stereocenters. The van der Waals surface area contributed by atoms with E-state index in [0.717, 1.165) is 9.87 Å². The molecule has 0 aliphatic carbocycles. The Morgan fingerprint density at radius 2 is 1.71 bits per heavy atom. The number of hydrogen-bond acceptors (Lipinski definition) is 4. The van der Waals surface area contributed by atoms with Crippen LogP contribution in [0.3, 0.4) is 0 Å². The van der Waals surface area contributed by atoms with Gasteiger partial charge in [0.15, 0.2) is 0 Å². The second-order valence-corrected chi connectivity index (χ2v) is 11.7. The minimum atomic E-state index is -4.17. The molecule has 38 heavy (non-hydrogen) atoms. The molecule has 0 aromatic heterocycles. The Bertz CT molecular complexity index is 1380. The van der Waals surface area contributed by atoms with Crippen LogP contribution in [0.5, 0.6) is 0 Å². The van der Waals surface area contributed by atoms with Gasteiger partial charge in [-0.15, -0.1) is 0 Å². The van der Waals surface area contributed by atoms with Gasteiger partial charge in [-0.05, 0) is 56.7 Å². The number of rotatable bonds is 11. The van der Waals surface area contributed by atoms with Gasteiger partial charge < -0.3 is 10.2 Å². The Morgan fingerprint density at radius 1 is 1.03 bits per heavy atom. The summed E-state index contributed by atoms with van der Waals surface area (Å²) in [5.41, 5.74) is 1.37. The molecular weight excluding hydrogens is 573 g/mol. The summed E-state index contributed by atoms with van der Waals surface area (Å²) in [5, 5.41) is 2.76. The predicted molar refractivity (Wildman–Crippen MR) is 150 cm³/mol. The largest absolute Gasteiger partial charge is 0.354 e. The summed E-state index contributed by atoms with van der Waals surface area (Å²) in [4.78, 5) is 27.8. The highest BCUT2D eigenvalue weighted by Gasteiger charge is 2.32. The second kappa shape index (κ2) is 13.0. The molecule has 0 unspecified atom stereocenters. The van der Waals surface area contributed by atoms with Gasteiger partial charge in [-0.1, -0.05) is 64.8 Å². The first-order chi connectivity index (χ1) is 18.0. The highest BCUT2D eigenvalue weighted by atomic mass is 79.9. The molecule has 2 amide bonds. The first kappa shape index (κ1) is 29.3. The van der Waals surface area contributed by atoms with Gasteiger partial charge >= 0.3 is 0 Å². The Balaban J connectivity index is 2.03. The second-order valence-electron chi connectivity index (χ2n) is 8.88. The van der Waals surface area contributed by atoms with Gasteiger partial charge in [0.25, 0.3) is 10.0 Å². The molecule has 0 heterocycles. The van der Waals surface area contributed by atoms with E-state index in [1.807, 2.05) is 13.8 Å². The Morgan fingerprint density at radius 3 is 2.34 bits per heavy atom. The summed E-state index contributed by atoms with van der Waals surface area (Å²) in [7, 11) is -4.17. The number of anilines is 1. The third-order valence-corrected chi connectivity index (χ3v) is 8.28. The van der Waals surface area contributed by atoms with Gasteiger partial charge in [-0.3, -0.25) is 13.9 Å². The fourth-order valence-electron chi connectivity index (χ4n) is 3.79. The number of carbonyl (C=O) groups excluding carboxylic acids is 2. The summed E-state index contributed by atoms with van der Waals surface area (Å²) < 4.78 is 43.7. The number of sulfonamides is 1. The maximum Gasteiger partial charge on any atom is 0.264 e. The third-order valence-electron chi connectivity index (χ3n) is 6.00. The quantitative estimate of drug-likeness (QED) is 0.333. The molecule has 0 bridgehead atoms. The van der Waals surface area contributed by atoms with E-state index in [1.54, 1.807) is 49.4 Å². The number of amides is 2. The SMILES string of the molecule is CCCNC(=O)[C@@H](C)N(Cc1ccccc1F)C(=O)CN(c1cccc(Br)c1)S(=O)(=O)c1ccc(C)cc1. The zero-order valence-electron chi connectivity index (χ0n) is 21.5. The molecule has 0 saturated heterocycles. The van der Waals surface area contributed by atoms with Crippen LogP contribution in [-0.2, 0) is 26.2 Å². The van der Waals surface area contributed by atoms with Crippen molar-refractivity contribution in [3.63, 3.8) is 0 Å². The number of carbonyl (C=O) groups is 2. The summed E-state index contributed by atoms with van der Waals surface area (Å²) in [6.07, 6.45) is 0.700. The molecule has 202 valence electrons. The lowest BCUT2D eigenvalue weighted by Gasteiger charge is -2.32. The van der Waals surface area contributed by atoms with E-state index in [4.69, 9.17) is 0 Å². The van der Waals surface area contributed by atoms with Gasteiger partial charge in [0.05, 0.1) is 10.6 Å². The molecule has 0 fully saturated rings. The van der Waals surface area contributed by atoms with Crippen molar-refractivity contribution < 1.29 is 22.4 Å².